The summed E-state index contributed by atoms with van der Waals surface area (Å²) in [6.45, 7) is 1.73. The fourth-order valence-electron chi connectivity index (χ4n) is 1.29. The predicted octanol–water partition coefficient (Wildman–Crippen LogP) is -0.290. The first-order valence-corrected chi connectivity index (χ1v) is 5.53. The number of nitrogens with two attached hydrogens (primary N) is 1. The van der Waals surface area contributed by atoms with E-state index in [1.165, 1.54) is 16.7 Å². The molecule has 0 radical (unpaired) electrons. The number of nitrogens with zero attached hydrogens (tertiary/aromatic N) is 1. The summed E-state index contributed by atoms with van der Waals surface area (Å²) < 4.78 is 0. The maximum Gasteiger partial charge on any atom is 0.327 e. The van der Waals surface area contributed by atoms with Gasteiger partial charge in [-0.3, -0.25) is 4.79 Å². The molecule has 1 heterocycles. The van der Waals surface area contributed by atoms with Crippen molar-refractivity contribution in [2.24, 2.45) is 5.73 Å². The summed E-state index contributed by atoms with van der Waals surface area (Å²) in [7, 11) is 0. The molecule has 1 aliphatic rings. The second-order valence-corrected chi connectivity index (χ2v) is 4.40. The van der Waals surface area contributed by atoms with Crippen LogP contribution in [0.1, 0.15) is 13.3 Å². The summed E-state index contributed by atoms with van der Waals surface area (Å²) in [5.41, 5.74) is 5.48. The lowest BCUT2D eigenvalue weighted by Gasteiger charge is -2.21. The minimum Gasteiger partial charge on any atom is -0.480 e. The van der Waals surface area contributed by atoms with Crippen molar-refractivity contribution in [1.82, 2.24) is 4.90 Å². The van der Waals surface area contributed by atoms with Crippen LogP contribution in [-0.2, 0) is 9.59 Å². The zero-order valence-corrected chi connectivity index (χ0v) is 8.79. The van der Waals surface area contributed by atoms with E-state index in [1.807, 2.05) is 0 Å². The first-order chi connectivity index (χ1) is 6.52. The van der Waals surface area contributed by atoms with Gasteiger partial charge in [0.25, 0.3) is 0 Å². The molecule has 1 aliphatic heterocycles. The van der Waals surface area contributed by atoms with Crippen LogP contribution in [0.2, 0.25) is 0 Å². The Morgan fingerprint density at radius 3 is 2.86 bits per heavy atom. The quantitative estimate of drug-likeness (QED) is 0.680. The Morgan fingerprint density at radius 1 is 1.71 bits per heavy atom. The van der Waals surface area contributed by atoms with E-state index in [2.05, 4.69) is 0 Å². The van der Waals surface area contributed by atoms with Crippen molar-refractivity contribution in [3.8, 4) is 0 Å². The molecule has 1 rings (SSSR count). The van der Waals surface area contributed by atoms with Crippen LogP contribution in [0.25, 0.3) is 0 Å². The highest BCUT2D eigenvalue weighted by Crippen LogP contribution is 2.21. The lowest BCUT2D eigenvalue weighted by Crippen LogP contribution is -2.43. The molecule has 0 aliphatic carbocycles. The first-order valence-electron chi connectivity index (χ1n) is 4.38. The molecule has 6 heteroatoms. The molecular weight excluding hydrogens is 204 g/mol. The normalized spacial score (nSPS) is 23.6. The van der Waals surface area contributed by atoms with Gasteiger partial charge in [0, 0.05) is 18.2 Å². The number of rotatable bonds is 3. The number of carbonyl (C=O) groups is 2. The fourth-order valence-corrected chi connectivity index (χ4v) is 2.46. The Labute approximate surface area is 86.6 Å². The Bertz CT molecular complexity index is 245. The number of carboxylic acids is 1. The van der Waals surface area contributed by atoms with Gasteiger partial charge in [0.05, 0.1) is 5.88 Å². The average Bonchev–Trinajstić information content (AvgIpc) is 2.49. The van der Waals surface area contributed by atoms with E-state index in [-0.39, 0.29) is 18.4 Å². The van der Waals surface area contributed by atoms with Crippen LogP contribution in [0.15, 0.2) is 0 Å². The molecule has 3 N–H and O–H groups in total. The van der Waals surface area contributed by atoms with Crippen molar-refractivity contribution in [3.05, 3.63) is 0 Å². The van der Waals surface area contributed by atoms with Gasteiger partial charge in [0.15, 0.2) is 0 Å². The van der Waals surface area contributed by atoms with Crippen molar-refractivity contribution in [2.75, 3.05) is 11.6 Å². The highest BCUT2D eigenvalue weighted by Gasteiger charge is 2.34. The molecule has 0 aromatic heterocycles. The number of hydrogen-bond donors (Lipinski definition) is 2. The highest BCUT2D eigenvalue weighted by atomic mass is 32.2. The van der Waals surface area contributed by atoms with Crippen LogP contribution < -0.4 is 5.73 Å². The monoisotopic (exact) mass is 218 g/mol. The fraction of sp³-hybridized carbons (Fsp3) is 0.750. The molecule has 0 bridgehead atoms. The lowest BCUT2D eigenvalue weighted by molar-refractivity contribution is -0.147. The molecule has 2 atom stereocenters. The van der Waals surface area contributed by atoms with Gasteiger partial charge in [0.1, 0.15) is 6.04 Å². The molecule has 1 amide bonds. The maximum atomic E-state index is 11.5. The number of aliphatic carboxylic acids is 1. The van der Waals surface area contributed by atoms with Crippen LogP contribution in [0.3, 0.4) is 0 Å². The topological polar surface area (TPSA) is 83.6 Å². The minimum absolute atomic E-state index is 0.169. The van der Waals surface area contributed by atoms with Gasteiger partial charge in [0.2, 0.25) is 5.91 Å². The second-order valence-electron chi connectivity index (χ2n) is 3.40. The number of carboxylic acid groups (broad SMARTS) is 1. The van der Waals surface area contributed by atoms with E-state index in [4.69, 9.17) is 10.8 Å². The van der Waals surface area contributed by atoms with Gasteiger partial charge in [-0.15, -0.1) is 11.8 Å². The van der Waals surface area contributed by atoms with E-state index in [1.54, 1.807) is 6.92 Å². The molecule has 2 unspecified atom stereocenters. The Hall–Kier alpha value is -0.750. The molecule has 14 heavy (non-hydrogen) atoms. The lowest BCUT2D eigenvalue weighted by atomic mass is 10.2. The van der Waals surface area contributed by atoms with Gasteiger partial charge in [-0.05, 0) is 6.92 Å². The number of thioether (sulfide) groups is 1. The van der Waals surface area contributed by atoms with Gasteiger partial charge >= 0.3 is 5.97 Å². The molecule has 1 saturated heterocycles. The Kier molecular flexibility index (Phi) is 3.77. The Balaban J connectivity index is 2.58. The van der Waals surface area contributed by atoms with Crippen LogP contribution in [0.5, 0.6) is 0 Å². The van der Waals surface area contributed by atoms with Crippen molar-refractivity contribution >= 4 is 23.6 Å². The third-order valence-electron chi connectivity index (χ3n) is 1.98. The van der Waals surface area contributed by atoms with Gasteiger partial charge in [-0.25, -0.2) is 4.79 Å². The van der Waals surface area contributed by atoms with E-state index < -0.39 is 12.0 Å². The van der Waals surface area contributed by atoms with E-state index >= 15 is 0 Å². The average molecular weight is 218 g/mol. The molecule has 0 aromatic rings. The zero-order chi connectivity index (χ0) is 10.7. The van der Waals surface area contributed by atoms with Crippen molar-refractivity contribution in [2.45, 2.75) is 25.4 Å². The van der Waals surface area contributed by atoms with Gasteiger partial charge in [-0.1, -0.05) is 0 Å². The van der Waals surface area contributed by atoms with Crippen LogP contribution in [0.4, 0.5) is 0 Å². The van der Waals surface area contributed by atoms with E-state index in [0.29, 0.717) is 11.6 Å². The zero-order valence-electron chi connectivity index (χ0n) is 7.97. The molecule has 0 saturated carbocycles. The van der Waals surface area contributed by atoms with Gasteiger partial charge in [-0.2, -0.15) is 0 Å². The number of carbonyl (C=O) groups excluding carboxylic acids is 1. The summed E-state index contributed by atoms with van der Waals surface area (Å²) in [5.74, 6) is -0.173. The largest absolute Gasteiger partial charge is 0.480 e. The molecule has 1 fully saturated rings. The molecule has 80 valence electrons. The number of hydrogen-bond acceptors (Lipinski definition) is 4. The van der Waals surface area contributed by atoms with Crippen LogP contribution in [0, 0.1) is 0 Å². The SMILES string of the molecule is CC(N)CC(=O)N1CSCC1C(=O)O. The summed E-state index contributed by atoms with van der Waals surface area (Å²) in [5, 5.41) is 8.83. The van der Waals surface area contributed by atoms with Gasteiger partial charge < -0.3 is 15.7 Å². The molecule has 0 aromatic carbocycles. The minimum atomic E-state index is -0.937. The summed E-state index contributed by atoms with van der Waals surface area (Å²) in [4.78, 5) is 23.7. The smallest absolute Gasteiger partial charge is 0.327 e. The molecular formula is C8H14N2O3S. The van der Waals surface area contributed by atoms with Crippen LogP contribution in [-0.4, -0.2) is 45.6 Å². The van der Waals surface area contributed by atoms with Crippen LogP contribution >= 0.6 is 11.8 Å². The summed E-state index contributed by atoms with van der Waals surface area (Å²) in [6.07, 6.45) is 0.213. The molecule has 0 spiro atoms. The third kappa shape index (κ3) is 2.62. The number of amides is 1. The Morgan fingerprint density at radius 2 is 2.36 bits per heavy atom. The highest BCUT2D eigenvalue weighted by molar-refractivity contribution is 7.99. The third-order valence-corrected chi connectivity index (χ3v) is 3.00. The standard InChI is InChI=1S/C8H14N2O3S/c1-5(9)2-7(11)10-4-14-3-6(10)8(12)13/h5-6H,2-4,9H2,1H3,(H,12,13). The van der Waals surface area contributed by atoms with Crippen molar-refractivity contribution < 1.29 is 14.7 Å². The summed E-state index contributed by atoms with van der Waals surface area (Å²) in [6, 6.07) is -0.895. The summed E-state index contributed by atoms with van der Waals surface area (Å²) >= 11 is 1.46. The van der Waals surface area contributed by atoms with Crippen molar-refractivity contribution in [1.29, 1.82) is 0 Å². The van der Waals surface area contributed by atoms with E-state index in [0.717, 1.165) is 0 Å². The second kappa shape index (κ2) is 4.65. The maximum absolute atomic E-state index is 11.5. The van der Waals surface area contributed by atoms with Crippen molar-refractivity contribution in [3.63, 3.8) is 0 Å². The molecule has 5 nitrogen and oxygen atoms in total. The van der Waals surface area contributed by atoms with E-state index in [9.17, 15) is 9.59 Å². The predicted molar refractivity (Wildman–Crippen MR) is 53.9 cm³/mol. The first kappa shape index (κ1) is 11.3.